The Bertz CT molecular complexity index is 270. The van der Waals surface area contributed by atoms with E-state index in [0.717, 1.165) is 0 Å². The van der Waals surface area contributed by atoms with Crippen LogP contribution in [-0.2, 0) is 19.1 Å². The Labute approximate surface area is 81.3 Å². The molecular formula is C9H12O5. The number of carboxylic acids is 1. The number of aliphatic carboxylic acids is 1. The van der Waals surface area contributed by atoms with Gasteiger partial charge in [-0.1, -0.05) is 12.2 Å². The van der Waals surface area contributed by atoms with E-state index in [-0.39, 0.29) is 13.0 Å². The SMILES string of the molecule is C=C1CO[C@H](C(=O)OC)C(C(=O)O)C1. The van der Waals surface area contributed by atoms with Crippen LogP contribution < -0.4 is 0 Å². The summed E-state index contributed by atoms with van der Waals surface area (Å²) in [5.74, 6) is -2.60. The minimum atomic E-state index is -1.07. The standard InChI is InChI=1S/C9H12O5/c1-5-3-6(8(10)11)7(14-4-5)9(12)13-2/h6-7H,1,3-4H2,2H3,(H,10,11)/t6?,7-/m0/s1. The molecule has 1 heterocycles. The van der Waals surface area contributed by atoms with Gasteiger partial charge in [0.2, 0.25) is 0 Å². The van der Waals surface area contributed by atoms with Crippen LogP contribution in [0.2, 0.25) is 0 Å². The summed E-state index contributed by atoms with van der Waals surface area (Å²) in [6, 6.07) is 0. The Kier molecular flexibility index (Phi) is 3.24. The molecule has 1 aliphatic heterocycles. The lowest BCUT2D eigenvalue weighted by Crippen LogP contribution is -2.41. The maximum absolute atomic E-state index is 11.1. The smallest absolute Gasteiger partial charge is 0.335 e. The highest BCUT2D eigenvalue weighted by atomic mass is 16.6. The van der Waals surface area contributed by atoms with Crippen LogP contribution in [-0.4, -0.2) is 36.9 Å². The predicted molar refractivity (Wildman–Crippen MR) is 46.6 cm³/mol. The molecule has 0 aromatic carbocycles. The molecule has 1 aliphatic rings. The number of esters is 1. The van der Waals surface area contributed by atoms with Crippen LogP contribution in [0.4, 0.5) is 0 Å². The minimum Gasteiger partial charge on any atom is -0.481 e. The van der Waals surface area contributed by atoms with E-state index in [9.17, 15) is 9.59 Å². The van der Waals surface area contributed by atoms with Crippen LogP contribution in [0.25, 0.3) is 0 Å². The first-order chi connectivity index (χ1) is 6.56. The second kappa shape index (κ2) is 4.23. The first-order valence-electron chi connectivity index (χ1n) is 4.15. The van der Waals surface area contributed by atoms with Crippen LogP contribution in [0.15, 0.2) is 12.2 Å². The summed E-state index contributed by atoms with van der Waals surface area (Å²) in [6.45, 7) is 3.84. The molecule has 0 spiro atoms. The van der Waals surface area contributed by atoms with Gasteiger partial charge in [0.1, 0.15) is 0 Å². The molecule has 14 heavy (non-hydrogen) atoms. The van der Waals surface area contributed by atoms with E-state index in [1.54, 1.807) is 0 Å². The lowest BCUT2D eigenvalue weighted by atomic mass is 9.92. The first kappa shape index (κ1) is 10.7. The molecule has 5 heteroatoms. The summed E-state index contributed by atoms with van der Waals surface area (Å²) in [5, 5.41) is 8.84. The van der Waals surface area contributed by atoms with Crippen molar-refractivity contribution in [2.24, 2.45) is 5.92 Å². The quantitative estimate of drug-likeness (QED) is 0.509. The molecule has 0 bridgehead atoms. The van der Waals surface area contributed by atoms with E-state index >= 15 is 0 Å². The molecule has 1 rings (SSSR count). The molecule has 78 valence electrons. The van der Waals surface area contributed by atoms with Crippen molar-refractivity contribution in [3.63, 3.8) is 0 Å². The normalized spacial score (nSPS) is 27.1. The van der Waals surface area contributed by atoms with Gasteiger partial charge in [-0.3, -0.25) is 4.79 Å². The van der Waals surface area contributed by atoms with Gasteiger partial charge in [0, 0.05) is 0 Å². The summed E-state index contributed by atoms with van der Waals surface area (Å²) in [6.07, 6.45) is -0.752. The van der Waals surface area contributed by atoms with Crippen molar-refractivity contribution in [3.8, 4) is 0 Å². The zero-order chi connectivity index (χ0) is 10.7. The lowest BCUT2D eigenvalue weighted by Gasteiger charge is -2.27. The summed E-state index contributed by atoms with van der Waals surface area (Å²) in [5.41, 5.74) is 0.678. The molecule has 0 aromatic heterocycles. The fourth-order valence-corrected chi connectivity index (χ4v) is 1.37. The number of hydrogen-bond acceptors (Lipinski definition) is 4. The van der Waals surface area contributed by atoms with Crippen LogP contribution in [0.3, 0.4) is 0 Å². The van der Waals surface area contributed by atoms with Crippen molar-refractivity contribution >= 4 is 11.9 Å². The number of hydrogen-bond donors (Lipinski definition) is 1. The number of carbonyl (C=O) groups excluding carboxylic acids is 1. The van der Waals surface area contributed by atoms with Crippen LogP contribution in [0.5, 0.6) is 0 Å². The number of methoxy groups -OCH3 is 1. The fourth-order valence-electron chi connectivity index (χ4n) is 1.37. The average Bonchev–Trinajstić information content (AvgIpc) is 2.16. The zero-order valence-corrected chi connectivity index (χ0v) is 7.86. The Hall–Kier alpha value is -1.36. The van der Waals surface area contributed by atoms with Crippen molar-refractivity contribution < 1.29 is 24.2 Å². The maximum Gasteiger partial charge on any atom is 0.335 e. The number of carbonyl (C=O) groups is 2. The summed E-state index contributed by atoms with van der Waals surface area (Å²) in [4.78, 5) is 21.9. The highest BCUT2D eigenvalue weighted by molar-refractivity contribution is 5.83. The summed E-state index contributed by atoms with van der Waals surface area (Å²) < 4.78 is 9.51. The topological polar surface area (TPSA) is 72.8 Å². The third-order valence-electron chi connectivity index (χ3n) is 2.09. The van der Waals surface area contributed by atoms with E-state index in [1.807, 2.05) is 0 Å². The van der Waals surface area contributed by atoms with Crippen molar-refractivity contribution in [3.05, 3.63) is 12.2 Å². The van der Waals surface area contributed by atoms with Gasteiger partial charge in [0.15, 0.2) is 6.10 Å². The lowest BCUT2D eigenvalue weighted by molar-refractivity contribution is -0.168. The van der Waals surface area contributed by atoms with Gasteiger partial charge < -0.3 is 14.6 Å². The van der Waals surface area contributed by atoms with Gasteiger partial charge in [-0.05, 0) is 6.42 Å². The molecule has 5 nitrogen and oxygen atoms in total. The molecule has 0 saturated carbocycles. The van der Waals surface area contributed by atoms with Gasteiger partial charge in [-0.25, -0.2) is 4.79 Å². The van der Waals surface area contributed by atoms with Crippen molar-refractivity contribution in [1.29, 1.82) is 0 Å². The van der Waals surface area contributed by atoms with Crippen LogP contribution in [0, 0.1) is 5.92 Å². The highest BCUT2D eigenvalue weighted by Crippen LogP contribution is 2.24. The Morgan fingerprint density at radius 3 is 2.79 bits per heavy atom. The molecular weight excluding hydrogens is 188 g/mol. The van der Waals surface area contributed by atoms with E-state index in [4.69, 9.17) is 9.84 Å². The third kappa shape index (κ3) is 2.11. The zero-order valence-electron chi connectivity index (χ0n) is 7.86. The van der Waals surface area contributed by atoms with E-state index in [0.29, 0.717) is 5.57 Å². The van der Waals surface area contributed by atoms with Crippen LogP contribution >= 0.6 is 0 Å². The van der Waals surface area contributed by atoms with E-state index < -0.39 is 24.0 Å². The Morgan fingerprint density at radius 2 is 2.29 bits per heavy atom. The maximum atomic E-state index is 11.1. The van der Waals surface area contributed by atoms with Gasteiger partial charge in [-0.15, -0.1) is 0 Å². The largest absolute Gasteiger partial charge is 0.481 e. The Morgan fingerprint density at radius 1 is 1.64 bits per heavy atom. The van der Waals surface area contributed by atoms with Gasteiger partial charge >= 0.3 is 11.9 Å². The van der Waals surface area contributed by atoms with Crippen molar-refractivity contribution in [2.45, 2.75) is 12.5 Å². The minimum absolute atomic E-state index is 0.212. The number of ether oxygens (including phenoxy) is 2. The van der Waals surface area contributed by atoms with Gasteiger partial charge in [0.05, 0.1) is 19.6 Å². The monoisotopic (exact) mass is 200 g/mol. The number of rotatable bonds is 2. The molecule has 0 aromatic rings. The third-order valence-corrected chi connectivity index (χ3v) is 2.09. The second-order valence-corrected chi connectivity index (χ2v) is 3.15. The Balaban J connectivity index is 2.77. The fraction of sp³-hybridized carbons (Fsp3) is 0.556. The highest BCUT2D eigenvalue weighted by Gasteiger charge is 2.38. The average molecular weight is 200 g/mol. The first-order valence-corrected chi connectivity index (χ1v) is 4.15. The molecule has 0 aliphatic carbocycles. The second-order valence-electron chi connectivity index (χ2n) is 3.15. The molecule has 0 radical (unpaired) electrons. The van der Waals surface area contributed by atoms with E-state index in [1.165, 1.54) is 7.11 Å². The molecule has 1 unspecified atom stereocenters. The number of carboxylic acid groups (broad SMARTS) is 1. The van der Waals surface area contributed by atoms with Crippen molar-refractivity contribution in [1.82, 2.24) is 0 Å². The van der Waals surface area contributed by atoms with Gasteiger partial charge in [-0.2, -0.15) is 0 Å². The predicted octanol–water partition coefficient (Wildman–Crippen LogP) is 0.205. The van der Waals surface area contributed by atoms with Gasteiger partial charge in [0.25, 0.3) is 0 Å². The van der Waals surface area contributed by atoms with Crippen molar-refractivity contribution in [2.75, 3.05) is 13.7 Å². The summed E-state index contributed by atoms with van der Waals surface area (Å²) in [7, 11) is 1.20. The molecule has 2 atom stereocenters. The van der Waals surface area contributed by atoms with E-state index in [2.05, 4.69) is 11.3 Å². The molecule has 0 amide bonds. The molecule has 1 N–H and O–H groups in total. The van der Waals surface area contributed by atoms with Crippen LogP contribution in [0.1, 0.15) is 6.42 Å². The molecule has 1 fully saturated rings. The summed E-state index contributed by atoms with van der Waals surface area (Å²) >= 11 is 0. The molecule has 1 saturated heterocycles.